The fourth-order valence-electron chi connectivity index (χ4n) is 1.60. The quantitative estimate of drug-likeness (QED) is 0.673. The van der Waals surface area contributed by atoms with Crippen LogP contribution in [0.3, 0.4) is 0 Å². The molecule has 2 atom stereocenters. The van der Waals surface area contributed by atoms with Crippen molar-refractivity contribution in [2.75, 3.05) is 6.54 Å². The SMILES string of the molecule is CC(C)(C)OC(=O)C1CC(C(=O)O)N(O)C1. The third kappa shape index (κ3) is 3.18. The van der Waals surface area contributed by atoms with Gasteiger partial charge in [0.25, 0.3) is 0 Å². The number of carboxylic acids is 1. The molecule has 2 unspecified atom stereocenters. The molecule has 0 radical (unpaired) electrons. The smallest absolute Gasteiger partial charge is 0.323 e. The van der Waals surface area contributed by atoms with Gasteiger partial charge < -0.3 is 15.1 Å². The molecule has 6 nitrogen and oxygen atoms in total. The maximum Gasteiger partial charge on any atom is 0.323 e. The lowest BCUT2D eigenvalue weighted by Crippen LogP contribution is -2.33. The van der Waals surface area contributed by atoms with E-state index in [9.17, 15) is 14.8 Å². The molecular weight excluding hydrogens is 214 g/mol. The Hall–Kier alpha value is -1.14. The monoisotopic (exact) mass is 231 g/mol. The van der Waals surface area contributed by atoms with Crippen LogP contribution < -0.4 is 0 Å². The lowest BCUT2D eigenvalue weighted by Gasteiger charge is -2.21. The van der Waals surface area contributed by atoms with E-state index in [-0.39, 0.29) is 13.0 Å². The van der Waals surface area contributed by atoms with Crippen LogP contribution in [-0.4, -0.2) is 45.5 Å². The van der Waals surface area contributed by atoms with E-state index in [0.29, 0.717) is 5.06 Å². The van der Waals surface area contributed by atoms with Gasteiger partial charge in [-0.3, -0.25) is 9.59 Å². The van der Waals surface area contributed by atoms with Crippen molar-refractivity contribution in [3.8, 4) is 0 Å². The second-order valence-electron chi connectivity index (χ2n) is 4.94. The third-order valence-corrected chi connectivity index (χ3v) is 2.30. The summed E-state index contributed by atoms with van der Waals surface area (Å²) in [5.74, 6) is -2.17. The number of hydrogen-bond acceptors (Lipinski definition) is 5. The van der Waals surface area contributed by atoms with E-state index >= 15 is 0 Å². The Morgan fingerprint density at radius 3 is 2.31 bits per heavy atom. The number of carboxylic acid groups (broad SMARTS) is 1. The molecule has 0 amide bonds. The highest BCUT2D eigenvalue weighted by Crippen LogP contribution is 2.24. The maximum absolute atomic E-state index is 11.6. The summed E-state index contributed by atoms with van der Waals surface area (Å²) in [5, 5.41) is 18.8. The van der Waals surface area contributed by atoms with Gasteiger partial charge in [0.15, 0.2) is 0 Å². The van der Waals surface area contributed by atoms with E-state index in [4.69, 9.17) is 9.84 Å². The van der Waals surface area contributed by atoms with Crippen molar-refractivity contribution in [3.63, 3.8) is 0 Å². The Morgan fingerprint density at radius 2 is 1.94 bits per heavy atom. The van der Waals surface area contributed by atoms with Crippen molar-refractivity contribution >= 4 is 11.9 Å². The number of rotatable bonds is 2. The van der Waals surface area contributed by atoms with Crippen molar-refractivity contribution in [2.45, 2.75) is 38.8 Å². The summed E-state index contributed by atoms with van der Waals surface area (Å²) < 4.78 is 5.13. The minimum Gasteiger partial charge on any atom is -0.480 e. The van der Waals surface area contributed by atoms with Crippen molar-refractivity contribution in [1.82, 2.24) is 5.06 Å². The molecule has 92 valence electrons. The Morgan fingerprint density at radius 1 is 1.38 bits per heavy atom. The minimum absolute atomic E-state index is 0.00583. The topological polar surface area (TPSA) is 87.1 Å². The standard InChI is InChI=1S/C10H17NO5/c1-10(2,3)16-9(14)6-4-7(8(12)13)11(15)5-6/h6-7,15H,4-5H2,1-3H3,(H,12,13). The van der Waals surface area contributed by atoms with Gasteiger partial charge in [0.05, 0.1) is 5.92 Å². The van der Waals surface area contributed by atoms with Crippen LogP contribution in [0.4, 0.5) is 0 Å². The number of carbonyl (C=O) groups excluding carboxylic acids is 1. The molecule has 0 spiro atoms. The molecule has 1 rings (SSSR count). The first-order valence-electron chi connectivity index (χ1n) is 5.12. The molecule has 0 aliphatic carbocycles. The van der Waals surface area contributed by atoms with E-state index < -0.39 is 29.5 Å². The first-order valence-corrected chi connectivity index (χ1v) is 5.12. The highest BCUT2D eigenvalue weighted by atomic mass is 16.6. The molecule has 2 N–H and O–H groups in total. The van der Waals surface area contributed by atoms with E-state index in [0.717, 1.165) is 0 Å². The van der Waals surface area contributed by atoms with Crippen LogP contribution in [0.1, 0.15) is 27.2 Å². The number of carbonyl (C=O) groups is 2. The fraction of sp³-hybridized carbons (Fsp3) is 0.800. The van der Waals surface area contributed by atoms with E-state index in [1.165, 1.54) is 0 Å². The van der Waals surface area contributed by atoms with Gasteiger partial charge in [-0.1, -0.05) is 0 Å². The Labute approximate surface area is 93.8 Å². The zero-order valence-corrected chi connectivity index (χ0v) is 9.64. The zero-order valence-electron chi connectivity index (χ0n) is 9.64. The molecule has 0 saturated carbocycles. The summed E-state index contributed by atoms with van der Waals surface area (Å²) >= 11 is 0. The van der Waals surface area contributed by atoms with E-state index in [1.54, 1.807) is 20.8 Å². The summed E-state index contributed by atoms with van der Waals surface area (Å²) in [6.45, 7) is 5.23. The second kappa shape index (κ2) is 4.39. The molecule has 0 aromatic rings. The maximum atomic E-state index is 11.6. The number of nitrogens with zero attached hydrogens (tertiary/aromatic N) is 1. The molecule has 1 aliphatic rings. The number of ether oxygens (including phenoxy) is 1. The summed E-state index contributed by atoms with van der Waals surface area (Å²) in [5.41, 5.74) is -0.599. The number of aliphatic carboxylic acids is 1. The largest absolute Gasteiger partial charge is 0.480 e. The van der Waals surface area contributed by atoms with Gasteiger partial charge in [-0.2, -0.15) is 5.06 Å². The predicted molar refractivity (Wildman–Crippen MR) is 53.9 cm³/mol. The van der Waals surface area contributed by atoms with Gasteiger partial charge in [0.2, 0.25) is 0 Å². The molecule has 1 fully saturated rings. The minimum atomic E-state index is -1.13. The second-order valence-corrected chi connectivity index (χ2v) is 4.94. The molecule has 0 bridgehead atoms. The molecular formula is C10H17NO5. The summed E-state index contributed by atoms with van der Waals surface area (Å²) in [7, 11) is 0. The van der Waals surface area contributed by atoms with Crippen LogP contribution in [0, 0.1) is 5.92 Å². The van der Waals surface area contributed by atoms with Crippen molar-refractivity contribution in [3.05, 3.63) is 0 Å². The lowest BCUT2D eigenvalue weighted by molar-refractivity contribution is -0.165. The number of esters is 1. The highest BCUT2D eigenvalue weighted by Gasteiger charge is 2.41. The van der Waals surface area contributed by atoms with Crippen LogP contribution in [0.5, 0.6) is 0 Å². The average molecular weight is 231 g/mol. The van der Waals surface area contributed by atoms with Crippen molar-refractivity contribution in [2.24, 2.45) is 5.92 Å². The van der Waals surface area contributed by atoms with Crippen molar-refractivity contribution in [1.29, 1.82) is 0 Å². The van der Waals surface area contributed by atoms with E-state index in [1.807, 2.05) is 0 Å². The summed E-state index contributed by atoms with van der Waals surface area (Å²) in [4.78, 5) is 22.3. The molecule has 1 heterocycles. The van der Waals surface area contributed by atoms with Gasteiger partial charge in [-0.25, -0.2) is 0 Å². The van der Waals surface area contributed by atoms with E-state index in [2.05, 4.69) is 0 Å². The van der Waals surface area contributed by atoms with Crippen LogP contribution >= 0.6 is 0 Å². The first kappa shape index (κ1) is 12.9. The number of hydrogen-bond donors (Lipinski definition) is 2. The van der Waals surface area contributed by atoms with Gasteiger partial charge in [-0.15, -0.1) is 0 Å². The molecule has 0 aromatic carbocycles. The average Bonchev–Trinajstić information content (AvgIpc) is 2.44. The summed E-state index contributed by atoms with van der Waals surface area (Å²) in [6.07, 6.45) is 0.0841. The summed E-state index contributed by atoms with van der Waals surface area (Å²) in [6, 6.07) is -1.02. The molecule has 16 heavy (non-hydrogen) atoms. The van der Waals surface area contributed by atoms with Gasteiger partial charge in [0, 0.05) is 6.54 Å². The molecule has 1 saturated heterocycles. The van der Waals surface area contributed by atoms with Gasteiger partial charge in [0.1, 0.15) is 11.6 Å². The zero-order chi connectivity index (χ0) is 12.5. The lowest BCUT2D eigenvalue weighted by atomic mass is 10.1. The fourth-order valence-corrected chi connectivity index (χ4v) is 1.60. The van der Waals surface area contributed by atoms with Crippen LogP contribution in [0.15, 0.2) is 0 Å². The highest BCUT2D eigenvalue weighted by molar-refractivity contribution is 5.78. The Balaban J connectivity index is 2.58. The molecule has 0 aromatic heterocycles. The third-order valence-electron chi connectivity index (χ3n) is 2.30. The Kier molecular flexibility index (Phi) is 3.54. The Bertz CT molecular complexity index is 296. The normalized spacial score (nSPS) is 26.8. The van der Waals surface area contributed by atoms with Crippen LogP contribution in [0.2, 0.25) is 0 Å². The first-order chi connectivity index (χ1) is 7.20. The van der Waals surface area contributed by atoms with Gasteiger partial charge in [-0.05, 0) is 27.2 Å². The van der Waals surface area contributed by atoms with Crippen LogP contribution in [-0.2, 0) is 14.3 Å². The predicted octanol–water partition coefficient (Wildman–Crippen LogP) is 0.492. The number of hydroxylamine groups is 2. The molecule has 1 aliphatic heterocycles. The van der Waals surface area contributed by atoms with Crippen molar-refractivity contribution < 1.29 is 24.6 Å². The van der Waals surface area contributed by atoms with Gasteiger partial charge >= 0.3 is 11.9 Å². The van der Waals surface area contributed by atoms with Crippen LogP contribution in [0.25, 0.3) is 0 Å². The molecule has 6 heteroatoms.